The van der Waals surface area contributed by atoms with Crippen LogP contribution in [0, 0.1) is 0 Å². The van der Waals surface area contributed by atoms with Gasteiger partial charge >= 0.3 is 0 Å². The number of benzene rings is 3. The molecule has 3 aromatic carbocycles. The first kappa shape index (κ1) is 29.1. The lowest BCUT2D eigenvalue weighted by atomic mass is 9.94. The summed E-state index contributed by atoms with van der Waals surface area (Å²) >= 11 is 12.5. The molecule has 1 aromatic heterocycles. The minimum atomic E-state index is -3.74. The lowest BCUT2D eigenvalue weighted by molar-refractivity contribution is -0.128. The molecule has 41 heavy (non-hydrogen) atoms. The zero-order valence-corrected chi connectivity index (χ0v) is 25.3. The van der Waals surface area contributed by atoms with Crippen LogP contribution in [0.25, 0.3) is 10.8 Å². The topological polar surface area (TPSA) is 87.5 Å². The number of carbonyl (C=O) groups is 1. The monoisotopic (exact) mass is 611 g/mol. The van der Waals surface area contributed by atoms with E-state index in [9.17, 15) is 13.2 Å². The van der Waals surface area contributed by atoms with E-state index >= 15 is 0 Å². The molecule has 214 valence electrons. The van der Waals surface area contributed by atoms with Crippen molar-refractivity contribution in [1.29, 1.82) is 0 Å². The third-order valence-electron chi connectivity index (χ3n) is 7.29. The number of piperazine rings is 1. The molecule has 1 atom stereocenters. The molecule has 8 nitrogen and oxygen atoms in total. The van der Waals surface area contributed by atoms with Crippen molar-refractivity contribution in [2.45, 2.75) is 31.7 Å². The molecule has 3 heterocycles. The molecule has 1 N–H and O–H groups in total. The smallest absolute Gasteiger partial charge is 0.254 e. The molecule has 0 saturated carbocycles. The summed E-state index contributed by atoms with van der Waals surface area (Å²) in [5.41, 5.74) is 2.00. The molecule has 6 rings (SSSR count). The Morgan fingerprint density at radius 3 is 2.37 bits per heavy atom. The summed E-state index contributed by atoms with van der Waals surface area (Å²) in [5.74, 6) is 0.575. The van der Waals surface area contributed by atoms with Gasteiger partial charge in [0, 0.05) is 43.3 Å². The Hall–Kier alpha value is -3.37. The molecule has 4 aromatic rings. The Morgan fingerprint density at radius 1 is 0.927 bits per heavy atom. The lowest BCUT2D eigenvalue weighted by Gasteiger charge is -2.37. The van der Waals surface area contributed by atoms with Crippen molar-refractivity contribution in [3.05, 3.63) is 99.8 Å². The third kappa shape index (κ3) is 5.35. The fourth-order valence-corrected chi connectivity index (χ4v) is 7.28. The fourth-order valence-electron chi connectivity index (χ4n) is 5.34. The van der Waals surface area contributed by atoms with Gasteiger partial charge in [0.2, 0.25) is 10.0 Å². The van der Waals surface area contributed by atoms with E-state index < -0.39 is 16.1 Å². The quantitative estimate of drug-likeness (QED) is 0.297. The van der Waals surface area contributed by atoms with E-state index in [4.69, 9.17) is 23.2 Å². The van der Waals surface area contributed by atoms with Crippen molar-refractivity contribution >= 4 is 55.7 Å². The highest BCUT2D eigenvalue weighted by Gasteiger charge is 2.37. The normalized spacial score (nSPS) is 17.5. The fraction of sp³-hybridized carbons (Fsp3) is 0.267. The Bertz CT molecular complexity index is 1740. The van der Waals surface area contributed by atoms with Crippen LogP contribution in [0.15, 0.2) is 89.1 Å². The lowest BCUT2D eigenvalue weighted by Crippen LogP contribution is -2.51. The number of hydrogen-bond acceptors (Lipinski definition) is 5. The van der Waals surface area contributed by atoms with Crippen molar-refractivity contribution in [1.82, 2.24) is 19.0 Å². The van der Waals surface area contributed by atoms with Crippen molar-refractivity contribution in [2.24, 2.45) is 0 Å². The molecular formula is C30H31Cl2N5O3S. The Labute approximate surface area is 250 Å². The number of halogens is 2. The summed E-state index contributed by atoms with van der Waals surface area (Å²) in [6, 6.07) is 19.3. The first-order valence-electron chi connectivity index (χ1n) is 13.5. The SMILES string of the molecule is CC.CC1=C(C(=O)N2CCN(S(=O)(=O)c3cccc4ccccc34)CC2)C(c2ccc(Cl)c(Cl)c2)n2nccc2N1. The predicted molar refractivity (Wildman–Crippen MR) is 164 cm³/mol. The van der Waals surface area contributed by atoms with Crippen molar-refractivity contribution in [3.8, 4) is 0 Å². The first-order chi connectivity index (χ1) is 19.8. The Morgan fingerprint density at radius 2 is 1.63 bits per heavy atom. The first-order valence-corrected chi connectivity index (χ1v) is 15.7. The molecule has 1 saturated heterocycles. The number of amides is 1. The largest absolute Gasteiger partial charge is 0.344 e. The van der Waals surface area contributed by atoms with Gasteiger partial charge in [0.05, 0.1) is 26.7 Å². The molecule has 0 bridgehead atoms. The number of rotatable bonds is 4. The average molecular weight is 613 g/mol. The van der Waals surface area contributed by atoms with Gasteiger partial charge in [0.25, 0.3) is 5.91 Å². The van der Waals surface area contributed by atoms with E-state index in [1.165, 1.54) is 4.31 Å². The van der Waals surface area contributed by atoms with E-state index in [0.717, 1.165) is 16.8 Å². The minimum absolute atomic E-state index is 0.181. The molecule has 1 unspecified atom stereocenters. The van der Waals surface area contributed by atoms with Gasteiger partial charge in [-0.25, -0.2) is 13.1 Å². The molecule has 0 aliphatic carbocycles. The second-order valence-electron chi connectivity index (χ2n) is 9.57. The molecule has 11 heteroatoms. The van der Waals surface area contributed by atoms with Crippen LogP contribution >= 0.6 is 23.2 Å². The molecule has 2 aliphatic heterocycles. The number of allylic oxidation sites excluding steroid dienone is 1. The second kappa shape index (κ2) is 11.9. The van der Waals surface area contributed by atoms with Crippen LogP contribution in [-0.2, 0) is 14.8 Å². The zero-order chi connectivity index (χ0) is 29.3. The van der Waals surface area contributed by atoms with Gasteiger partial charge in [-0.3, -0.25) is 4.79 Å². The molecule has 1 amide bonds. The van der Waals surface area contributed by atoms with Crippen LogP contribution < -0.4 is 5.32 Å². The molecular weight excluding hydrogens is 581 g/mol. The number of nitrogens with zero attached hydrogens (tertiary/aromatic N) is 4. The van der Waals surface area contributed by atoms with Gasteiger partial charge in [0.1, 0.15) is 11.9 Å². The van der Waals surface area contributed by atoms with Crippen LogP contribution in [0.3, 0.4) is 0 Å². The van der Waals surface area contributed by atoms with Crippen LogP contribution in [0.5, 0.6) is 0 Å². The number of fused-ring (bicyclic) bond motifs is 2. The molecule has 0 spiro atoms. The molecule has 1 fully saturated rings. The molecule has 0 radical (unpaired) electrons. The molecule has 2 aliphatic rings. The second-order valence-corrected chi connectivity index (χ2v) is 12.3. The maximum absolute atomic E-state index is 14.0. The van der Waals surface area contributed by atoms with Crippen molar-refractivity contribution in [3.63, 3.8) is 0 Å². The summed E-state index contributed by atoms with van der Waals surface area (Å²) in [7, 11) is -3.74. The van der Waals surface area contributed by atoms with E-state index in [0.29, 0.717) is 26.7 Å². The van der Waals surface area contributed by atoms with Crippen LogP contribution in [0.2, 0.25) is 10.0 Å². The van der Waals surface area contributed by atoms with Gasteiger partial charge in [-0.15, -0.1) is 0 Å². The Balaban J connectivity index is 0.00000165. The van der Waals surface area contributed by atoms with Gasteiger partial charge in [0.15, 0.2) is 0 Å². The van der Waals surface area contributed by atoms with Gasteiger partial charge < -0.3 is 10.2 Å². The predicted octanol–water partition coefficient (Wildman–Crippen LogP) is 6.19. The minimum Gasteiger partial charge on any atom is -0.344 e. The van der Waals surface area contributed by atoms with Crippen molar-refractivity contribution in [2.75, 3.05) is 31.5 Å². The average Bonchev–Trinajstić information content (AvgIpc) is 3.46. The van der Waals surface area contributed by atoms with E-state index in [1.54, 1.807) is 40.0 Å². The number of nitrogens with one attached hydrogen (secondary N) is 1. The number of hydrogen-bond donors (Lipinski definition) is 1. The summed E-state index contributed by atoms with van der Waals surface area (Å²) in [6.45, 7) is 6.78. The summed E-state index contributed by atoms with van der Waals surface area (Å²) in [4.78, 5) is 16.0. The third-order valence-corrected chi connectivity index (χ3v) is 9.99. The highest BCUT2D eigenvalue weighted by molar-refractivity contribution is 7.89. The standard InChI is InChI=1S/C28H25Cl2N5O3S.C2H6/c1-18-26(27(35-25(32-18)11-12-31-35)20-9-10-22(29)23(30)17-20)28(36)33-13-15-34(16-14-33)39(37,38)24-8-4-6-19-5-2-3-7-21(19)24;1-2/h2-12,17,27,32H,13-16H2,1H3;1-2H3. The number of carbonyl (C=O) groups excluding carboxylic acids is 1. The highest BCUT2D eigenvalue weighted by Crippen LogP contribution is 2.38. The Kier molecular flexibility index (Phi) is 8.42. The van der Waals surface area contributed by atoms with Gasteiger partial charge in [-0.2, -0.15) is 9.40 Å². The van der Waals surface area contributed by atoms with E-state index in [1.807, 2.05) is 63.2 Å². The van der Waals surface area contributed by atoms with E-state index in [-0.39, 0.29) is 37.0 Å². The number of anilines is 1. The highest BCUT2D eigenvalue weighted by atomic mass is 35.5. The van der Waals surface area contributed by atoms with Crippen LogP contribution in [0.1, 0.15) is 32.4 Å². The summed E-state index contributed by atoms with van der Waals surface area (Å²) in [5, 5.41) is 10.1. The van der Waals surface area contributed by atoms with Gasteiger partial charge in [-0.1, -0.05) is 79.5 Å². The van der Waals surface area contributed by atoms with Crippen LogP contribution in [0.4, 0.5) is 5.82 Å². The van der Waals surface area contributed by atoms with Crippen LogP contribution in [-0.4, -0.2) is 59.5 Å². The maximum atomic E-state index is 14.0. The van der Waals surface area contributed by atoms with Gasteiger partial charge in [-0.05, 0) is 36.1 Å². The summed E-state index contributed by atoms with van der Waals surface area (Å²) < 4.78 is 30.4. The number of sulfonamides is 1. The van der Waals surface area contributed by atoms with Crippen molar-refractivity contribution < 1.29 is 13.2 Å². The zero-order valence-electron chi connectivity index (χ0n) is 23.0. The number of aromatic nitrogens is 2. The van der Waals surface area contributed by atoms with E-state index in [2.05, 4.69) is 10.4 Å². The maximum Gasteiger partial charge on any atom is 0.254 e. The summed E-state index contributed by atoms with van der Waals surface area (Å²) in [6.07, 6.45) is 1.67.